The van der Waals surface area contributed by atoms with E-state index in [1.54, 1.807) is 12.1 Å². The number of rotatable bonds is 3. The number of hydrogen-bond acceptors (Lipinski definition) is 2. The van der Waals surface area contributed by atoms with Crippen molar-refractivity contribution in [2.45, 2.75) is 25.0 Å². The zero-order chi connectivity index (χ0) is 10.1. The van der Waals surface area contributed by atoms with Crippen molar-refractivity contribution in [3.8, 4) is 0 Å². The molecule has 2 atom stereocenters. The van der Waals surface area contributed by atoms with Gasteiger partial charge >= 0.3 is 0 Å². The highest BCUT2D eigenvalue weighted by Crippen LogP contribution is 2.36. The second kappa shape index (κ2) is 3.67. The normalized spacial score (nSPS) is 20.5. The van der Waals surface area contributed by atoms with Crippen molar-refractivity contribution in [1.29, 1.82) is 0 Å². The summed E-state index contributed by atoms with van der Waals surface area (Å²) in [5.74, 6) is 0.149. The Morgan fingerprint density at radius 3 is 2.36 bits per heavy atom. The highest BCUT2D eigenvalue weighted by molar-refractivity contribution is 5.20. The van der Waals surface area contributed by atoms with Gasteiger partial charge < -0.3 is 10.8 Å². The maximum atomic E-state index is 12.6. The van der Waals surface area contributed by atoms with Crippen molar-refractivity contribution in [3.63, 3.8) is 0 Å². The van der Waals surface area contributed by atoms with Crippen LogP contribution in [0.1, 0.15) is 24.5 Å². The molecular weight excluding hydrogens is 181 g/mol. The molecule has 0 saturated heterocycles. The Morgan fingerprint density at radius 1 is 1.29 bits per heavy atom. The van der Waals surface area contributed by atoms with Gasteiger partial charge in [0.05, 0.1) is 6.10 Å². The Kier molecular flexibility index (Phi) is 2.52. The molecule has 14 heavy (non-hydrogen) atoms. The fourth-order valence-corrected chi connectivity index (χ4v) is 1.62. The van der Waals surface area contributed by atoms with Gasteiger partial charge in [0.1, 0.15) is 5.82 Å². The van der Waals surface area contributed by atoms with E-state index in [0.717, 1.165) is 12.8 Å². The van der Waals surface area contributed by atoms with E-state index in [2.05, 4.69) is 0 Å². The van der Waals surface area contributed by atoms with Crippen LogP contribution in [-0.4, -0.2) is 11.1 Å². The second-order valence-electron chi connectivity index (χ2n) is 3.91. The molecule has 2 nitrogen and oxygen atoms in total. The Balaban J connectivity index is 2.09. The molecule has 3 N–H and O–H groups in total. The fourth-order valence-electron chi connectivity index (χ4n) is 1.62. The first kappa shape index (κ1) is 9.62. The van der Waals surface area contributed by atoms with Crippen LogP contribution in [0.15, 0.2) is 24.3 Å². The Labute approximate surface area is 82.5 Å². The first-order valence-corrected chi connectivity index (χ1v) is 4.87. The third-order valence-electron chi connectivity index (χ3n) is 2.74. The van der Waals surface area contributed by atoms with Gasteiger partial charge in [0.15, 0.2) is 0 Å². The van der Waals surface area contributed by atoms with E-state index in [1.165, 1.54) is 12.1 Å². The molecule has 0 spiro atoms. The molecule has 1 fully saturated rings. The number of hydrogen-bond donors (Lipinski definition) is 2. The van der Waals surface area contributed by atoms with E-state index >= 15 is 0 Å². The number of aliphatic hydroxyl groups excluding tert-OH is 1. The van der Waals surface area contributed by atoms with Gasteiger partial charge in [0.2, 0.25) is 0 Å². The number of nitrogens with two attached hydrogens (primary N) is 1. The predicted octanol–water partition coefficient (Wildman–Crippen LogP) is 1.60. The van der Waals surface area contributed by atoms with Crippen LogP contribution < -0.4 is 5.73 Å². The summed E-state index contributed by atoms with van der Waals surface area (Å²) in [4.78, 5) is 0. The topological polar surface area (TPSA) is 46.2 Å². The summed E-state index contributed by atoms with van der Waals surface area (Å²) in [6.45, 7) is 0. The van der Waals surface area contributed by atoms with Crippen LogP contribution in [0.2, 0.25) is 0 Å². The van der Waals surface area contributed by atoms with Crippen molar-refractivity contribution in [1.82, 2.24) is 0 Å². The van der Waals surface area contributed by atoms with E-state index in [9.17, 15) is 9.50 Å². The van der Waals surface area contributed by atoms with Gasteiger partial charge in [-0.15, -0.1) is 0 Å². The summed E-state index contributed by atoms with van der Waals surface area (Å²) in [6, 6.07) is 5.65. The van der Waals surface area contributed by atoms with Crippen molar-refractivity contribution in [2.24, 2.45) is 11.7 Å². The SMILES string of the molecule is NC(C1CC1)[C@H](O)c1ccc(F)cc1. The van der Waals surface area contributed by atoms with Crippen LogP contribution in [0.25, 0.3) is 0 Å². The maximum Gasteiger partial charge on any atom is 0.123 e. The minimum Gasteiger partial charge on any atom is -0.387 e. The molecule has 76 valence electrons. The molecule has 1 aromatic carbocycles. The summed E-state index contributed by atoms with van der Waals surface area (Å²) >= 11 is 0. The molecule has 1 aliphatic rings. The number of halogens is 1. The summed E-state index contributed by atoms with van der Waals surface area (Å²) in [6.07, 6.45) is 1.53. The van der Waals surface area contributed by atoms with Crippen LogP contribution in [0.3, 0.4) is 0 Å². The van der Waals surface area contributed by atoms with Crippen molar-refractivity contribution >= 4 is 0 Å². The Hall–Kier alpha value is -0.930. The largest absolute Gasteiger partial charge is 0.387 e. The van der Waals surface area contributed by atoms with E-state index in [1.807, 2.05) is 0 Å². The third kappa shape index (κ3) is 1.94. The molecule has 0 amide bonds. The quantitative estimate of drug-likeness (QED) is 0.769. The van der Waals surface area contributed by atoms with Crippen molar-refractivity contribution in [2.75, 3.05) is 0 Å². The van der Waals surface area contributed by atoms with Gasteiger partial charge in [0.25, 0.3) is 0 Å². The molecule has 2 rings (SSSR count). The lowest BCUT2D eigenvalue weighted by atomic mass is 9.99. The maximum absolute atomic E-state index is 12.6. The summed E-state index contributed by atoms with van der Waals surface area (Å²) in [7, 11) is 0. The third-order valence-corrected chi connectivity index (χ3v) is 2.74. The summed E-state index contributed by atoms with van der Waals surface area (Å²) < 4.78 is 12.6. The highest BCUT2D eigenvalue weighted by atomic mass is 19.1. The zero-order valence-corrected chi connectivity index (χ0v) is 7.86. The molecule has 0 radical (unpaired) electrons. The average molecular weight is 195 g/mol. The highest BCUT2D eigenvalue weighted by Gasteiger charge is 2.33. The molecule has 0 aliphatic heterocycles. The van der Waals surface area contributed by atoms with E-state index in [0.29, 0.717) is 11.5 Å². The fraction of sp³-hybridized carbons (Fsp3) is 0.455. The molecule has 1 aliphatic carbocycles. The average Bonchev–Trinajstić information content (AvgIpc) is 3.00. The van der Waals surface area contributed by atoms with Crippen LogP contribution >= 0.6 is 0 Å². The van der Waals surface area contributed by atoms with Gasteiger partial charge in [0, 0.05) is 6.04 Å². The lowest BCUT2D eigenvalue weighted by Gasteiger charge is -2.18. The van der Waals surface area contributed by atoms with Gasteiger partial charge in [-0.1, -0.05) is 12.1 Å². The molecule has 0 bridgehead atoms. The van der Waals surface area contributed by atoms with E-state index in [4.69, 9.17) is 5.73 Å². The van der Waals surface area contributed by atoms with Gasteiger partial charge in [-0.3, -0.25) is 0 Å². The summed E-state index contributed by atoms with van der Waals surface area (Å²) in [5.41, 5.74) is 6.55. The van der Waals surface area contributed by atoms with Gasteiger partial charge in [-0.05, 0) is 36.5 Å². The van der Waals surface area contributed by atoms with E-state index in [-0.39, 0.29) is 11.9 Å². The molecule has 1 aromatic rings. The molecule has 0 heterocycles. The zero-order valence-electron chi connectivity index (χ0n) is 7.86. The monoisotopic (exact) mass is 195 g/mol. The number of benzene rings is 1. The second-order valence-corrected chi connectivity index (χ2v) is 3.91. The lowest BCUT2D eigenvalue weighted by molar-refractivity contribution is 0.137. The first-order chi connectivity index (χ1) is 6.68. The van der Waals surface area contributed by atoms with Crippen LogP contribution in [-0.2, 0) is 0 Å². The molecule has 1 saturated carbocycles. The molecule has 3 heteroatoms. The van der Waals surface area contributed by atoms with Crippen LogP contribution in [0.4, 0.5) is 4.39 Å². The Bertz CT molecular complexity index is 308. The number of aliphatic hydroxyl groups is 1. The van der Waals surface area contributed by atoms with E-state index < -0.39 is 6.10 Å². The summed E-state index contributed by atoms with van der Waals surface area (Å²) in [5, 5.41) is 9.84. The molecule has 1 unspecified atom stereocenters. The molecular formula is C11H14FNO. The molecule has 0 aromatic heterocycles. The van der Waals surface area contributed by atoms with Crippen molar-refractivity contribution < 1.29 is 9.50 Å². The standard InChI is InChI=1S/C11H14FNO/c12-9-5-3-8(4-6-9)11(14)10(13)7-1-2-7/h3-7,10-11,14H,1-2,13H2/t10?,11-/m1/s1. The first-order valence-electron chi connectivity index (χ1n) is 4.87. The Morgan fingerprint density at radius 2 is 1.86 bits per heavy atom. The van der Waals surface area contributed by atoms with Gasteiger partial charge in [-0.25, -0.2) is 4.39 Å². The van der Waals surface area contributed by atoms with Crippen LogP contribution in [0.5, 0.6) is 0 Å². The minimum atomic E-state index is -0.664. The van der Waals surface area contributed by atoms with Crippen molar-refractivity contribution in [3.05, 3.63) is 35.6 Å². The lowest BCUT2D eigenvalue weighted by Crippen LogP contribution is -2.30. The van der Waals surface area contributed by atoms with Crippen LogP contribution in [0, 0.1) is 11.7 Å². The minimum absolute atomic E-state index is 0.208. The van der Waals surface area contributed by atoms with Gasteiger partial charge in [-0.2, -0.15) is 0 Å². The predicted molar refractivity (Wildman–Crippen MR) is 52.1 cm³/mol. The smallest absolute Gasteiger partial charge is 0.123 e.